The highest BCUT2D eigenvalue weighted by Crippen LogP contribution is 2.48. The number of hydrogen-bond donors (Lipinski definition) is 1. The van der Waals surface area contributed by atoms with E-state index >= 15 is 0 Å². The molecule has 1 N–H and O–H groups in total. The van der Waals surface area contributed by atoms with Crippen molar-refractivity contribution in [2.75, 3.05) is 5.32 Å². The van der Waals surface area contributed by atoms with E-state index in [0.717, 1.165) is 6.07 Å². The van der Waals surface area contributed by atoms with Crippen LogP contribution in [0.5, 0.6) is 0 Å². The average molecular weight is 282 g/mol. The number of alkyl halides is 3. The minimum absolute atomic E-state index is 0.137. The smallest absolute Gasteiger partial charge is 0.418 e. The molecule has 0 radical (unpaired) electrons. The van der Waals surface area contributed by atoms with Crippen molar-refractivity contribution in [2.24, 2.45) is 5.92 Å². The summed E-state index contributed by atoms with van der Waals surface area (Å²) in [5.41, 5.74) is -0.474. The topological polar surface area (TPSA) is 52.2 Å². The molecule has 2 aliphatic rings. The van der Waals surface area contributed by atoms with Gasteiger partial charge < -0.3 is 15.2 Å². The number of carboxylic acid groups (broad SMARTS) is 1. The highest BCUT2D eigenvalue weighted by molar-refractivity contribution is 5.80. The molecule has 3 nitrogen and oxygen atoms in total. The molecule has 1 aliphatic carbocycles. The Morgan fingerprint density at radius 1 is 1.35 bits per heavy atom. The van der Waals surface area contributed by atoms with Gasteiger partial charge in [0, 0.05) is 5.92 Å². The second kappa shape index (κ2) is 4.26. The number of nitrogens with one attached hydrogen (secondary N) is 1. The van der Waals surface area contributed by atoms with E-state index < -0.39 is 23.8 Å². The Labute approximate surface area is 113 Å². The Hall–Kier alpha value is -1.98. The third kappa shape index (κ3) is 1.87. The predicted molar refractivity (Wildman–Crippen MR) is 63.8 cm³/mol. The molecule has 1 aromatic rings. The van der Waals surface area contributed by atoms with Gasteiger partial charge in [-0.05, 0) is 24.0 Å². The molecule has 0 bridgehead atoms. The summed E-state index contributed by atoms with van der Waals surface area (Å²) in [6.07, 6.45) is -0.418. The lowest BCUT2D eigenvalue weighted by molar-refractivity contribution is -0.308. The van der Waals surface area contributed by atoms with Crippen LogP contribution in [-0.4, -0.2) is 12.0 Å². The monoisotopic (exact) mass is 282 g/mol. The number of benzene rings is 1. The van der Waals surface area contributed by atoms with Crippen LogP contribution in [0.4, 0.5) is 18.9 Å². The standard InChI is InChI=1S/C14H12F3NO2/c15-14(16,17)10-6-2-5-8-7-3-1-4-9(7)12(13(19)20)18-11(8)10/h1-3,5-7,9,12,18H,4H2,(H,19,20)/p-1/t7-,9+,12-/m0/s1. The minimum atomic E-state index is -4.52. The molecular formula is C14H11F3NO2-. The van der Waals surface area contributed by atoms with Gasteiger partial charge in [0.25, 0.3) is 0 Å². The van der Waals surface area contributed by atoms with Crippen LogP contribution in [-0.2, 0) is 11.0 Å². The van der Waals surface area contributed by atoms with Gasteiger partial charge in [0.1, 0.15) is 0 Å². The molecule has 0 amide bonds. The number of halogens is 3. The third-order valence-corrected chi connectivity index (χ3v) is 3.96. The number of rotatable bonds is 1. The lowest BCUT2D eigenvalue weighted by Crippen LogP contribution is -2.49. The number of allylic oxidation sites excluding steroid dienone is 2. The zero-order chi connectivity index (χ0) is 14.5. The van der Waals surface area contributed by atoms with Crippen molar-refractivity contribution in [3.05, 3.63) is 41.5 Å². The van der Waals surface area contributed by atoms with Crippen LogP contribution in [0.2, 0.25) is 0 Å². The van der Waals surface area contributed by atoms with Crippen LogP contribution in [0.15, 0.2) is 30.4 Å². The van der Waals surface area contributed by atoms with Crippen LogP contribution in [0.25, 0.3) is 0 Å². The van der Waals surface area contributed by atoms with Crippen molar-refractivity contribution in [1.82, 2.24) is 0 Å². The molecule has 0 unspecified atom stereocenters. The maximum atomic E-state index is 13.0. The first-order valence-corrected chi connectivity index (χ1v) is 6.24. The Bertz CT molecular complexity index is 595. The average Bonchev–Trinajstić information content (AvgIpc) is 2.84. The summed E-state index contributed by atoms with van der Waals surface area (Å²) in [7, 11) is 0. The van der Waals surface area contributed by atoms with E-state index in [4.69, 9.17) is 0 Å². The number of anilines is 1. The van der Waals surface area contributed by atoms with Crippen LogP contribution < -0.4 is 10.4 Å². The second-order valence-corrected chi connectivity index (χ2v) is 5.06. The number of carboxylic acids is 1. The largest absolute Gasteiger partial charge is 0.548 e. The number of fused-ring (bicyclic) bond motifs is 3. The van der Waals surface area contributed by atoms with E-state index in [-0.39, 0.29) is 17.5 Å². The van der Waals surface area contributed by atoms with Crippen molar-refractivity contribution >= 4 is 11.7 Å². The van der Waals surface area contributed by atoms with Gasteiger partial charge in [-0.25, -0.2) is 0 Å². The molecule has 1 aromatic carbocycles. The maximum absolute atomic E-state index is 13.0. The predicted octanol–water partition coefficient (Wildman–Crippen LogP) is 1.91. The number of aliphatic carboxylic acids is 1. The van der Waals surface area contributed by atoms with Gasteiger partial charge in [-0.15, -0.1) is 0 Å². The first-order valence-electron chi connectivity index (χ1n) is 6.24. The number of carbonyl (C=O) groups is 1. The first-order chi connectivity index (χ1) is 9.39. The quantitative estimate of drug-likeness (QED) is 0.800. The highest BCUT2D eigenvalue weighted by Gasteiger charge is 2.42. The van der Waals surface area contributed by atoms with Crippen molar-refractivity contribution in [1.29, 1.82) is 0 Å². The molecule has 1 heterocycles. The molecule has 6 heteroatoms. The van der Waals surface area contributed by atoms with Crippen LogP contribution >= 0.6 is 0 Å². The number of para-hydroxylation sites is 1. The van der Waals surface area contributed by atoms with Gasteiger partial charge in [-0.2, -0.15) is 13.2 Å². The van der Waals surface area contributed by atoms with Crippen LogP contribution in [0.1, 0.15) is 23.5 Å². The van der Waals surface area contributed by atoms with Gasteiger partial charge >= 0.3 is 6.18 Å². The zero-order valence-corrected chi connectivity index (χ0v) is 10.3. The summed E-state index contributed by atoms with van der Waals surface area (Å²) in [6, 6.07) is 2.81. The first kappa shape index (κ1) is 13.0. The molecule has 106 valence electrons. The molecule has 0 saturated carbocycles. The Morgan fingerprint density at radius 3 is 2.75 bits per heavy atom. The molecule has 1 aliphatic heterocycles. The summed E-state index contributed by atoms with van der Waals surface area (Å²) >= 11 is 0. The SMILES string of the molecule is O=C([O-])[C@H]1Nc2c(cccc2C(F)(F)F)[C@@H]2C=CC[C@@H]12. The molecular weight excluding hydrogens is 271 g/mol. The van der Waals surface area contributed by atoms with E-state index in [9.17, 15) is 23.1 Å². The van der Waals surface area contributed by atoms with Crippen LogP contribution in [0.3, 0.4) is 0 Å². The Kier molecular flexibility index (Phi) is 2.77. The van der Waals surface area contributed by atoms with E-state index in [1.54, 1.807) is 12.1 Å². The van der Waals surface area contributed by atoms with Crippen molar-refractivity contribution in [3.63, 3.8) is 0 Å². The van der Waals surface area contributed by atoms with Crippen molar-refractivity contribution in [3.8, 4) is 0 Å². The van der Waals surface area contributed by atoms with E-state index in [2.05, 4.69) is 5.32 Å². The molecule has 20 heavy (non-hydrogen) atoms. The Balaban J connectivity index is 2.15. The summed E-state index contributed by atoms with van der Waals surface area (Å²) in [6.45, 7) is 0. The minimum Gasteiger partial charge on any atom is -0.548 e. The molecule has 0 spiro atoms. The third-order valence-electron chi connectivity index (χ3n) is 3.96. The highest BCUT2D eigenvalue weighted by atomic mass is 19.4. The number of carbonyl (C=O) groups excluding carboxylic acids is 1. The fourth-order valence-electron chi connectivity index (χ4n) is 3.09. The van der Waals surface area contributed by atoms with Crippen molar-refractivity contribution in [2.45, 2.75) is 24.6 Å². The molecule has 3 atom stereocenters. The summed E-state index contributed by atoms with van der Waals surface area (Å²) in [4.78, 5) is 11.2. The maximum Gasteiger partial charge on any atom is 0.418 e. The summed E-state index contributed by atoms with van der Waals surface area (Å²) in [5.74, 6) is -1.97. The molecule has 0 aromatic heterocycles. The fraction of sp³-hybridized carbons (Fsp3) is 0.357. The van der Waals surface area contributed by atoms with Crippen LogP contribution in [0, 0.1) is 5.92 Å². The van der Waals surface area contributed by atoms with E-state index in [1.807, 2.05) is 6.08 Å². The van der Waals surface area contributed by atoms with Gasteiger partial charge in [0.15, 0.2) is 0 Å². The lowest BCUT2D eigenvalue weighted by atomic mass is 9.78. The molecule has 0 fully saturated rings. The van der Waals surface area contributed by atoms with Gasteiger partial charge in [-0.1, -0.05) is 24.3 Å². The summed E-state index contributed by atoms with van der Waals surface area (Å²) < 4.78 is 39.1. The normalized spacial score (nSPS) is 27.6. The zero-order valence-electron chi connectivity index (χ0n) is 10.3. The Morgan fingerprint density at radius 2 is 2.10 bits per heavy atom. The van der Waals surface area contributed by atoms with Crippen molar-refractivity contribution < 1.29 is 23.1 Å². The fourth-order valence-corrected chi connectivity index (χ4v) is 3.09. The lowest BCUT2D eigenvalue weighted by Gasteiger charge is -2.38. The molecule has 3 rings (SSSR count). The summed E-state index contributed by atoms with van der Waals surface area (Å²) in [5, 5.41) is 13.7. The van der Waals surface area contributed by atoms with E-state index in [0.29, 0.717) is 12.0 Å². The number of hydrogen-bond acceptors (Lipinski definition) is 3. The molecule has 0 saturated heterocycles. The second-order valence-electron chi connectivity index (χ2n) is 5.06. The van der Waals surface area contributed by atoms with E-state index in [1.165, 1.54) is 6.07 Å². The van der Waals surface area contributed by atoms with Gasteiger partial charge in [0.05, 0.1) is 23.3 Å². The van der Waals surface area contributed by atoms with Gasteiger partial charge in [-0.3, -0.25) is 0 Å². The van der Waals surface area contributed by atoms with Gasteiger partial charge in [0.2, 0.25) is 0 Å².